The molecular formula is C12H14ClNO3S. The minimum atomic E-state index is -3.59. The summed E-state index contributed by atoms with van der Waals surface area (Å²) in [6, 6.07) is 4.53. The number of sulfonamides is 1. The molecule has 0 atom stereocenters. The zero-order valence-electron chi connectivity index (χ0n) is 9.71. The van der Waals surface area contributed by atoms with E-state index in [1.807, 2.05) is 12.2 Å². The maximum Gasteiger partial charge on any atom is 0.244 e. The predicted molar refractivity (Wildman–Crippen MR) is 69.9 cm³/mol. The van der Waals surface area contributed by atoms with Crippen LogP contribution in [0.3, 0.4) is 0 Å². The molecule has 0 fully saturated rings. The Morgan fingerprint density at radius 2 is 2.11 bits per heavy atom. The second-order valence-electron chi connectivity index (χ2n) is 4.05. The van der Waals surface area contributed by atoms with Crippen LogP contribution >= 0.6 is 11.6 Å². The van der Waals surface area contributed by atoms with Gasteiger partial charge in [-0.15, -0.1) is 0 Å². The molecular weight excluding hydrogens is 274 g/mol. The van der Waals surface area contributed by atoms with Crippen LogP contribution in [0.1, 0.15) is 12.0 Å². The predicted octanol–water partition coefficient (Wildman–Crippen LogP) is 1.78. The summed E-state index contributed by atoms with van der Waals surface area (Å²) in [5.41, 5.74) is 0.533. The molecule has 1 heterocycles. The van der Waals surface area contributed by atoms with Crippen LogP contribution in [0.25, 0.3) is 0 Å². The lowest BCUT2D eigenvalue weighted by molar-refractivity contribution is 0.281. The van der Waals surface area contributed by atoms with Gasteiger partial charge in [-0.3, -0.25) is 0 Å². The monoisotopic (exact) mass is 287 g/mol. The van der Waals surface area contributed by atoms with Gasteiger partial charge < -0.3 is 5.11 Å². The quantitative estimate of drug-likeness (QED) is 0.862. The molecule has 1 N–H and O–H groups in total. The van der Waals surface area contributed by atoms with Gasteiger partial charge in [0, 0.05) is 13.1 Å². The van der Waals surface area contributed by atoms with E-state index in [1.54, 1.807) is 6.07 Å². The third-order valence-corrected chi connectivity index (χ3v) is 5.16. The van der Waals surface area contributed by atoms with Crippen LogP contribution in [0.2, 0.25) is 5.02 Å². The molecule has 1 aromatic rings. The number of benzene rings is 1. The van der Waals surface area contributed by atoms with E-state index in [9.17, 15) is 8.42 Å². The van der Waals surface area contributed by atoms with E-state index in [-0.39, 0.29) is 16.5 Å². The molecule has 0 amide bonds. The molecule has 0 saturated carbocycles. The number of hydrogen-bond donors (Lipinski definition) is 1. The topological polar surface area (TPSA) is 57.6 Å². The SMILES string of the molecule is O=S(=O)(c1cc(CO)ccc1Cl)N1CC=CCC1. The summed E-state index contributed by atoms with van der Waals surface area (Å²) in [6.45, 7) is 0.611. The van der Waals surface area contributed by atoms with Gasteiger partial charge in [-0.2, -0.15) is 4.31 Å². The summed E-state index contributed by atoms with van der Waals surface area (Å²) < 4.78 is 26.2. The summed E-state index contributed by atoms with van der Waals surface area (Å²) in [5.74, 6) is 0. The van der Waals surface area contributed by atoms with Crippen molar-refractivity contribution in [3.8, 4) is 0 Å². The molecule has 98 valence electrons. The highest BCUT2D eigenvalue weighted by atomic mass is 35.5. The Kier molecular flexibility index (Phi) is 4.07. The minimum Gasteiger partial charge on any atom is -0.392 e. The zero-order chi connectivity index (χ0) is 13.2. The van der Waals surface area contributed by atoms with Crippen molar-refractivity contribution in [1.82, 2.24) is 4.31 Å². The molecule has 18 heavy (non-hydrogen) atoms. The molecule has 0 saturated heterocycles. The lowest BCUT2D eigenvalue weighted by atomic mass is 10.2. The van der Waals surface area contributed by atoms with E-state index in [4.69, 9.17) is 16.7 Å². The number of aliphatic hydroxyl groups is 1. The number of halogens is 1. The van der Waals surface area contributed by atoms with Crippen LogP contribution in [0.15, 0.2) is 35.2 Å². The first-order valence-electron chi connectivity index (χ1n) is 5.60. The number of hydrogen-bond acceptors (Lipinski definition) is 3. The molecule has 1 aliphatic heterocycles. The van der Waals surface area contributed by atoms with Gasteiger partial charge in [0.25, 0.3) is 0 Å². The Morgan fingerprint density at radius 1 is 1.33 bits per heavy atom. The van der Waals surface area contributed by atoms with Crippen molar-refractivity contribution in [2.24, 2.45) is 0 Å². The van der Waals surface area contributed by atoms with Crippen molar-refractivity contribution in [3.05, 3.63) is 40.9 Å². The lowest BCUT2D eigenvalue weighted by Gasteiger charge is -2.23. The zero-order valence-corrected chi connectivity index (χ0v) is 11.3. The van der Waals surface area contributed by atoms with Crippen LogP contribution in [0, 0.1) is 0 Å². The Labute approximate surface area is 112 Å². The average Bonchev–Trinajstić information content (AvgIpc) is 2.40. The Hall–Kier alpha value is -0.880. The third kappa shape index (κ3) is 2.59. The standard InChI is InChI=1S/C12H14ClNO3S/c13-11-5-4-10(9-15)8-12(11)18(16,17)14-6-2-1-3-7-14/h1-2,4-5,8,15H,3,6-7,9H2. The van der Waals surface area contributed by atoms with Gasteiger partial charge in [-0.05, 0) is 24.1 Å². The fraction of sp³-hybridized carbons (Fsp3) is 0.333. The first-order chi connectivity index (χ1) is 8.55. The molecule has 0 aliphatic carbocycles. The van der Waals surface area contributed by atoms with Gasteiger partial charge in [-0.25, -0.2) is 8.42 Å². The first kappa shape index (κ1) is 13.5. The minimum absolute atomic E-state index is 0.0611. The van der Waals surface area contributed by atoms with Crippen molar-refractivity contribution in [2.45, 2.75) is 17.9 Å². The fourth-order valence-electron chi connectivity index (χ4n) is 1.82. The van der Waals surface area contributed by atoms with Crippen LogP contribution < -0.4 is 0 Å². The lowest BCUT2D eigenvalue weighted by Crippen LogP contribution is -2.34. The van der Waals surface area contributed by atoms with E-state index >= 15 is 0 Å². The smallest absolute Gasteiger partial charge is 0.244 e. The summed E-state index contributed by atoms with van der Waals surface area (Å²) in [5, 5.41) is 9.25. The number of aliphatic hydroxyl groups excluding tert-OH is 1. The van der Waals surface area contributed by atoms with Crippen LogP contribution in [-0.4, -0.2) is 30.9 Å². The largest absolute Gasteiger partial charge is 0.392 e. The summed E-state index contributed by atoms with van der Waals surface area (Å²) >= 11 is 5.95. The van der Waals surface area contributed by atoms with Crippen molar-refractivity contribution in [2.75, 3.05) is 13.1 Å². The first-order valence-corrected chi connectivity index (χ1v) is 7.42. The van der Waals surface area contributed by atoms with E-state index in [0.717, 1.165) is 0 Å². The molecule has 4 nitrogen and oxygen atoms in total. The molecule has 1 aromatic carbocycles. The molecule has 0 unspecified atom stereocenters. The highest BCUT2D eigenvalue weighted by Crippen LogP contribution is 2.26. The Bertz CT molecular complexity index is 569. The van der Waals surface area contributed by atoms with Crippen LogP contribution in [0.4, 0.5) is 0 Å². The average molecular weight is 288 g/mol. The normalized spacial score (nSPS) is 17.0. The highest BCUT2D eigenvalue weighted by Gasteiger charge is 2.26. The van der Waals surface area contributed by atoms with Gasteiger partial charge in [0.1, 0.15) is 4.90 Å². The Balaban J connectivity index is 2.43. The summed E-state index contributed by atoms with van der Waals surface area (Å²) in [4.78, 5) is 0.0611. The molecule has 2 rings (SSSR count). The fourth-order valence-corrected chi connectivity index (χ4v) is 3.75. The van der Waals surface area contributed by atoms with Gasteiger partial charge in [0.15, 0.2) is 0 Å². The second-order valence-corrected chi connectivity index (χ2v) is 6.36. The molecule has 0 spiro atoms. The van der Waals surface area contributed by atoms with Crippen molar-refractivity contribution in [1.29, 1.82) is 0 Å². The number of nitrogens with zero attached hydrogens (tertiary/aromatic N) is 1. The van der Waals surface area contributed by atoms with E-state index in [0.29, 0.717) is 25.1 Å². The van der Waals surface area contributed by atoms with E-state index in [1.165, 1.54) is 16.4 Å². The third-order valence-electron chi connectivity index (χ3n) is 2.82. The van der Waals surface area contributed by atoms with Crippen LogP contribution in [0.5, 0.6) is 0 Å². The highest BCUT2D eigenvalue weighted by molar-refractivity contribution is 7.89. The van der Waals surface area contributed by atoms with Crippen molar-refractivity contribution < 1.29 is 13.5 Å². The van der Waals surface area contributed by atoms with Gasteiger partial charge in [0.2, 0.25) is 10.0 Å². The van der Waals surface area contributed by atoms with Gasteiger partial charge >= 0.3 is 0 Å². The van der Waals surface area contributed by atoms with Crippen molar-refractivity contribution in [3.63, 3.8) is 0 Å². The second kappa shape index (κ2) is 5.40. The maximum atomic E-state index is 12.4. The molecule has 1 aliphatic rings. The molecule has 6 heteroatoms. The molecule has 0 bridgehead atoms. The number of rotatable bonds is 3. The van der Waals surface area contributed by atoms with E-state index in [2.05, 4.69) is 0 Å². The summed E-state index contributed by atoms with van der Waals surface area (Å²) in [6.07, 6.45) is 4.49. The maximum absolute atomic E-state index is 12.4. The van der Waals surface area contributed by atoms with Gasteiger partial charge in [0.05, 0.1) is 11.6 Å². The Morgan fingerprint density at radius 3 is 2.72 bits per heavy atom. The molecule has 0 aromatic heterocycles. The van der Waals surface area contributed by atoms with Crippen LogP contribution in [-0.2, 0) is 16.6 Å². The van der Waals surface area contributed by atoms with E-state index < -0.39 is 10.0 Å². The summed E-state index contributed by atoms with van der Waals surface area (Å²) in [7, 11) is -3.59. The molecule has 0 radical (unpaired) electrons. The van der Waals surface area contributed by atoms with Crippen molar-refractivity contribution >= 4 is 21.6 Å². The van der Waals surface area contributed by atoms with Gasteiger partial charge in [-0.1, -0.05) is 29.8 Å².